The molecule has 1 saturated heterocycles. The number of aromatic amines is 1. The third-order valence-electron chi connectivity index (χ3n) is 3.46. The fourth-order valence-electron chi connectivity index (χ4n) is 2.39. The molecule has 0 aliphatic carbocycles. The van der Waals surface area contributed by atoms with Gasteiger partial charge in [0.05, 0.1) is 38.2 Å². The molecule has 2 aromatic rings. The van der Waals surface area contributed by atoms with Crippen molar-refractivity contribution in [3.05, 3.63) is 30.6 Å². The van der Waals surface area contributed by atoms with E-state index in [-0.39, 0.29) is 18.7 Å². The number of H-pyrrole nitrogens is 1. The van der Waals surface area contributed by atoms with Gasteiger partial charge in [-0.3, -0.25) is 5.10 Å². The van der Waals surface area contributed by atoms with Crippen molar-refractivity contribution >= 4 is 0 Å². The molecule has 1 fully saturated rings. The fourth-order valence-corrected chi connectivity index (χ4v) is 2.39. The lowest BCUT2D eigenvalue weighted by Gasteiger charge is -2.20. The zero-order valence-electron chi connectivity index (χ0n) is 12.1. The first kappa shape index (κ1) is 15.8. The minimum Gasteiger partial charge on any atom is -0.483 e. The number of alkyl halides is 3. The van der Waals surface area contributed by atoms with Crippen LogP contribution in [0.15, 0.2) is 24.8 Å². The summed E-state index contributed by atoms with van der Waals surface area (Å²) < 4.78 is 49.7. The van der Waals surface area contributed by atoms with Crippen molar-refractivity contribution in [2.75, 3.05) is 13.2 Å². The molecular formula is C13H16F3N5O2. The van der Waals surface area contributed by atoms with Gasteiger partial charge in [0.2, 0.25) is 0 Å². The number of imidazole rings is 1. The maximum absolute atomic E-state index is 12.5. The van der Waals surface area contributed by atoms with E-state index in [0.717, 1.165) is 4.57 Å². The van der Waals surface area contributed by atoms with E-state index in [1.54, 1.807) is 12.4 Å². The molecule has 3 heterocycles. The molecule has 2 atom stereocenters. The molecule has 0 aromatic carbocycles. The van der Waals surface area contributed by atoms with Crippen molar-refractivity contribution in [2.24, 2.45) is 0 Å². The van der Waals surface area contributed by atoms with Crippen LogP contribution in [0.25, 0.3) is 0 Å². The van der Waals surface area contributed by atoms with E-state index in [1.807, 2.05) is 0 Å². The first-order valence-corrected chi connectivity index (χ1v) is 7.04. The van der Waals surface area contributed by atoms with E-state index in [9.17, 15) is 13.2 Å². The van der Waals surface area contributed by atoms with Gasteiger partial charge >= 0.3 is 6.18 Å². The summed E-state index contributed by atoms with van der Waals surface area (Å²) in [4.78, 5) is 3.97. The van der Waals surface area contributed by atoms with E-state index < -0.39 is 12.7 Å². The normalized spacial score (nSPS) is 21.7. The first-order chi connectivity index (χ1) is 11.0. The monoisotopic (exact) mass is 331 g/mol. The summed E-state index contributed by atoms with van der Waals surface area (Å²) in [7, 11) is 0. The van der Waals surface area contributed by atoms with Gasteiger partial charge in [-0.05, 0) is 0 Å². The Morgan fingerprint density at radius 1 is 1.43 bits per heavy atom. The number of rotatable bonds is 6. The Balaban J connectivity index is 1.56. The summed E-state index contributed by atoms with van der Waals surface area (Å²) in [6.07, 6.45) is 1.32. The van der Waals surface area contributed by atoms with Crippen molar-refractivity contribution in [2.45, 2.75) is 31.4 Å². The van der Waals surface area contributed by atoms with Gasteiger partial charge in [-0.2, -0.15) is 18.3 Å². The maximum Gasteiger partial charge on any atom is 0.406 e. The number of hydrogen-bond acceptors (Lipinski definition) is 5. The summed E-state index contributed by atoms with van der Waals surface area (Å²) in [5.41, 5.74) is 0. The van der Waals surface area contributed by atoms with Gasteiger partial charge < -0.3 is 19.4 Å². The van der Waals surface area contributed by atoms with Gasteiger partial charge in [-0.15, -0.1) is 0 Å². The van der Waals surface area contributed by atoms with E-state index in [4.69, 9.17) is 9.47 Å². The Morgan fingerprint density at radius 2 is 2.30 bits per heavy atom. The predicted octanol–water partition coefficient (Wildman–Crippen LogP) is 1.10. The van der Waals surface area contributed by atoms with Gasteiger partial charge in [-0.25, -0.2) is 4.98 Å². The van der Waals surface area contributed by atoms with Crippen molar-refractivity contribution < 1.29 is 22.6 Å². The standard InChI is InChI=1S/C13H16F3N5O2/c14-13(15,16)8-21-2-1-17-12(21)5-18-10-6-22-7-11(10)23-9-3-19-20-4-9/h1-4,10-11,18H,5-8H2,(H,19,20)/t10-,11+/m0/s1. The smallest absolute Gasteiger partial charge is 0.406 e. The topological polar surface area (TPSA) is 77.0 Å². The lowest BCUT2D eigenvalue weighted by atomic mass is 10.2. The molecule has 2 aromatic heterocycles. The summed E-state index contributed by atoms with van der Waals surface area (Å²) in [6, 6.07) is -0.138. The number of ether oxygens (including phenoxy) is 2. The quantitative estimate of drug-likeness (QED) is 0.829. The van der Waals surface area contributed by atoms with Crippen LogP contribution >= 0.6 is 0 Å². The van der Waals surface area contributed by atoms with E-state index in [1.165, 1.54) is 12.4 Å². The van der Waals surface area contributed by atoms with Crippen LogP contribution in [-0.2, 0) is 17.8 Å². The van der Waals surface area contributed by atoms with Crippen LogP contribution in [0.1, 0.15) is 5.82 Å². The minimum absolute atomic E-state index is 0.138. The molecule has 10 heteroatoms. The van der Waals surface area contributed by atoms with Gasteiger partial charge in [0.15, 0.2) is 5.75 Å². The number of nitrogens with zero attached hydrogens (tertiary/aromatic N) is 3. The number of aromatic nitrogens is 4. The predicted molar refractivity (Wildman–Crippen MR) is 72.7 cm³/mol. The van der Waals surface area contributed by atoms with Crippen LogP contribution in [0, 0.1) is 0 Å². The summed E-state index contributed by atoms with van der Waals surface area (Å²) in [6.45, 7) is -0.0369. The van der Waals surface area contributed by atoms with E-state index in [0.29, 0.717) is 24.8 Å². The number of hydrogen-bond donors (Lipinski definition) is 2. The molecular weight excluding hydrogens is 315 g/mol. The largest absolute Gasteiger partial charge is 0.483 e. The molecule has 7 nitrogen and oxygen atoms in total. The molecule has 2 N–H and O–H groups in total. The van der Waals surface area contributed by atoms with Crippen LogP contribution in [-0.4, -0.2) is 51.3 Å². The second-order valence-corrected chi connectivity index (χ2v) is 5.20. The second-order valence-electron chi connectivity index (χ2n) is 5.20. The minimum atomic E-state index is -4.28. The molecule has 0 amide bonds. The number of nitrogens with one attached hydrogen (secondary N) is 2. The lowest BCUT2D eigenvalue weighted by Crippen LogP contribution is -2.42. The number of halogens is 3. The summed E-state index contributed by atoms with van der Waals surface area (Å²) in [5.74, 6) is 0.905. The first-order valence-electron chi connectivity index (χ1n) is 7.04. The van der Waals surface area contributed by atoms with E-state index >= 15 is 0 Å². The van der Waals surface area contributed by atoms with Crippen LogP contribution < -0.4 is 10.1 Å². The van der Waals surface area contributed by atoms with Gasteiger partial charge in [-0.1, -0.05) is 0 Å². The van der Waals surface area contributed by atoms with Crippen LogP contribution in [0.5, 0.6) is 5.75 Å². The molecule has 0 radical (unpaired) electrons. The van der Waals surface area contributed by atoms with E-state index in [2.05, 4.69) is 20.5 Å². The van der Waals surface area contributed by atoms with Gasteiger partial charge in [0, 0.05) is 12.4 Å². The van der Waals surface area contributed by atoms with Crippen LogP contribution in [0.4, 0.5) is 13.2 Å². The Labute approximate surface area is 129 Å². The van der Waals surface area contributed by atoms with Crippen molar-refractivity contribution in [3.8, 4) is 5.75 Å². The Hall–Kier alpha value is -2.07. The van der Waals surface area contributed by atoms with Gasteiger partial charge in [0.25, 0.3) is 0 Å². The Morgan fingerprint density at radius 3 is 3.04 bits per heavy atom. The molecule has 1 aliphatic heterocycles. The highest BCUT2D eigenvalue weighted by atomic mass is 19.4. The SMILES string of the molecule is FC(F)(F)Cn1ccnc1CN[C@H]1COC[C@H]1Oc1cn[nH]c1. The highest BCUT2D eigenvalue weighted by Crippen LogP contribution is 2.19. The van der Waals surface area contributed by atoms with Crippen LogP contribution in [0.3, 0.4) is 0 Å². The molecule has 0 saturated carbocycles. The lowest BCUT2D eigenvalue weighted by molar-refractivity contribution is -0.141. The molecule has 0 unspecified atom stereocenters. The molecule has 1 aliphatic rings. The average Bonchev–Trinajstić information content (AvgIpc) is 3.18. The maximum atomic E-state index is 12.5. The third kappa shape index (κ3) is 4.23. The second kappa shape index (κ2) is 6.59. The Bertz CT molecular complexity index is 613. The van der Waals surface area contributed by atoms with Gasteiger partial charge in [0.1, 0.15) is 18.5 Å². The zero-order chi connectivity index (χ0) is 16.3. The zero-order valence-corrected chi connectivity index (χ0v) is 12.1. The Kier molecular flexibility index (Phi) is 4.53. The average molecular weight is 331 g/mol. The highest BCUT2D eigenvalue weighted by Gasteiger charge is 2.31. The summed E-state index contributed by atoms with van der Waals surface area (Å²) in [5, 5.41) is 9.58. The highest BCUT2D eigenvalue weighted by molar-refractivity contribution is 5.11. The fraction of sp³-hybridized carbons (Fsp3) is 0.538. The molecule has 0 spiro atoms. The summed E-state index contributed by atoms with van der Waals surface area (Å²) >= 11 is 0. The molecule has 0 bridgehead atoms. The molecule has 3 rings (SSSR count). The molecule has 23 heavy (non-hydrogen) atoms. The van der Waals surface area contributed by atoms with Crippen molar-refractivity contribution in [1.82, 2.24) is 25.1 Å². The molecule has 126 valence electrons. The van der Waals surface area contributed by atoms with Crippen molar-refractivity contribution in [1.29, 1.82) is 0 Å². The van der Waals surface area contributed by atoms with Crippen LogP contribution in [0.2, 0.25) is 0 Å². The van der Waals surface area contributed by atoms with Crippen molar-refractivity contribution in [3.63, 3.8) is 0 Å². The third-order valence-corrected chi connectivity index (χ3v) is 3.46.